The van der Waals surface area contributed by atoms with E-state index in [9.17, 15) is 0 Å². The van der Waals surface area contributed by atoms with Crippen LogP contribution in [0.15, 0.2) is 18.2 Å². The van der Waals surface area contributed by atoms with E-state index < -0.39 is 0 Å². The van der Waals surface area contributed by atoms with Crippen molar-refractivity contribution in [2.75, 3.05) is 6.61 Å². The first-order valence-electron chi connectivity index (χ1n) is 7.93. The molecule has 2 rings (SSSR count). The Hall–Kier alpha value is -0.980. The predicted molar refractivity (Wildman–Crippen MR) is 81.8 cm³/mol. The first-order chi connectivity index (χ1) is 9.19. The summed E-state index contributed by atoms with van der Waals surface area (Å²) in [6.07, 6.45) is 7.77. The van der Waals surface area contributed by atoms with E-state index in [1.54, 1.807) is 0 Å². The lowest BCUT2D eigenvalue weighted by molar-refractivity contribution is 0.233. The molecule has 2 unspecified atom stereocenters. The minimum absolute atomic E-state index is 0.659. The maximum atomic E-state index is 5.86. The predicted octanol–water partition coefficient (Wildman–Crippen LogP) is 5.02. The maximum Gasteiger partial charge on any atom is 0.122 e. The van der Waals surface area contributed by atoms with E-state index in [4.69, 9.17) is 4.74 Å². The zero-order chi connectivity index (χ0) is 13.7. The van der Waals surface area contributed by atoms with Crippen molar-refractivity contribution in [1.82, 2.24) is 0 Å². The van der Waals surface area contributed by atoms with Gasteiger partial charge in [0.1, 0.15) is 5.75 Å². The summed E-state index contributed by atoms with van der Waals surface area (Å²) in [4.78, 5) is 0. The highest BCUT2D eigenvalue weighted by Gasteiger charge is 2.16. The number of ether oxygens (including phenoxy) is 1. The normalized spacial score (nSPS) is 19.6. The lowest BCUT2D eigenvalue weighted by atomic mass is 9.92. The molecule has 19 heavy (non-hydrogen) atoms. The summed E-state index contributed by atoms with van der Waals surface area (Å²) in [5.41, 5.74) is 2.83. The summed E-state index contributed by atoms with van der Waals surface area (Å²) >= 11 is 0. The summed E-state index contributed by atoms with van der Waals surface area (Å²) in [5, 5.41) is 0. The van der Waals surface area contributed by atoms with Gasteiger partial charge in [-0.1, -0.05) is 58.6 Å². The van der Waals surface area contributed by atoms with Gasteiger partial charge in [-0.3, -0.25) is 0 Å². The molecular weight excluding hydrogens is 232 g/mol. The van der Waals surface area contributed by atoms with Gasteiger partial charge in [-0.25, -0.2) is 0 Å². The van der Waals surface area contributed by atoms with Crippen LogP contribution in [0.4, 0.5) is 0 Å². The van der Waals surface area contributed by atoms with Crippen LogP contribution in [-0.4, -0.2) is 6.61 Å². The molecule has 1 aromatic carbocycles. The van der Waals surface area contributed by atoms with Crippen LogP contribution in [-0.2, 0) is 12.8 Å². The lowest BCUT2D eigenvalue weighted by Gasteiger charge is -2.23. The Balaban J connectivity index is 1.91. The second-order valence-corrected chi connectivity index (χ2v) is 6.37. The Morgan fingerprint density at radius 2 is 2.16 bits per heavy atom. The van der Waals surface area contributed by atoms with Crippen molar-refractivity contribution in [3.8, 4) is 5.75 Å². The molecule has 2 atom stereocenters. The number of fused-ring (bicyclic) bond motifs is 1. The van der Waals surface area contributed by atoms with E-state index in [0.717, 1.165) is 18.3 Å². The molecule has 1 aromatic rings. The second kappa shape index (κ2) is 6.98. The van der Waals surface area contributed by atoms with Crippen LogP contribution < -0.4 is 4.74 Å². The number of hydrogen-bond acceptors (Lipinski definition) is 1. The Kier molecular flexibility index (Phi) is 5.30. The van der Waals surface area contributed by atoms with Gasteiger partial charge in [-0.2, -0.15) is 0 Å². The Bertz CT molecular complexity index is 397. The van der Waals surface area contributed by atoms with Gasteiger partial charge in [0.25, 0.3) is 0 Å². The molecular formula is C18H28O. The van der Waals surface area contributed by atoms with E-state index in [2.05, 4.69) is 39.0 Å². The SMILES string of the molecule is CCCCCC(C)Cc1ccc2c(c1)OCC(C)C2. The fourth-order valence-electron chi connectivity index (χ4n) is 2.94. The molecule has 106 valence electrons. The van der Waals surface area contributed by atoms with Crippen molar-refractivity contribution in [2.24, 2.45) is 11.8 Å². The van der Waals surface area contributed by atoms with E-state index in [1.807, 2.05) is 0 Å². The van der Waals surface area contributed by atoms with E-state index >= 15 is 0 Å². The minimum Gasteiger partial charge on any atom is -0.493 e. The van der Waals surface area contributed by atoms with Crippen molar-refractivity contribution in [2.45, 2.75) is 59.3 Å². The van der Waals surface area contributed by atoms with Crippen LogP contribution >= 0.6 is 0 Å². The third-order valence-corrected chi connectivity index (χ3v) is 4.11. The summed E-state index contributed by atoms with van der Waals surface area (Å²) in [7, 11) is 0. The topological polar surface area (TPSA) is 9.23 Å². The molecule has 0 radical (unpaired) electrons. The van der Waals surface area contributed by atoms with Gasteiger partial charge < -0.3 is 4.74 Å². The molecule has 1 aliphatic rings. The number of unbranched alkanes of at least 4 members (excludes halogenated alkanes) is 2. The molecule has 1 aliphatic heterocycles. The Morgan fingerprint density at radius 3 is 2.95 bits per heavy atom. The van der Waals surface area contributed by atoms with Gasteiger partial charge in [-0.15, -0.1) is 0 Å². The number of hydrogen-bond donors (Lipinski definition) is 0. The van der Waals surface area contributed by atoms with Crippen LogP contribution in [0, 0.1) is 11.8 Å². The van der Waals surface area contributed by atoms with Gasteiger partial charge in [0.15, 0.2) is 0 Å². The summed E-state index contributed by atoms with van der Waals surface area (Å²) in [6.45, 7) is 7.78. The molecule has 0 fully saturated rings. The first kappa shape index (κ1) is 14.4. The van der Waals surface area contributed by atoms with Crippen molar-refractivity contribution >= 4 is 0 Å². The zero-order valence-electron chi connectivity index (χ0n) is 12.7. The molecule has 0 saturated carbocycles. The lowest BCUT2D eigenvalue weighted by Crippen LogP contribution is -2.18. The second-order valence-electron chi connectivity index (χ2n) is 6.37. The van der Waals surface area contributed by atoms with Gasteiger partial charge in [-0.05, 0) is 41.9 Å². The molecule has 0 spiro atoms. The van der Waals surface area contributed by atoms with E-state index in [0.29, 0.717) is 5.92 Å². The monoisotopic (exact) mass is 260 g/mol. The van der Waals surface area contributed by atoms with Crippen molar-refractivity contribution < 1.29 is 4.74 Å². The van der Waals surface area contributed by atoms with Gasteiger partial charge >= 0.3 is 0 Å². The number of benzene rings is 1. The van der Waals surface area contributed by atoms with Gasteiger partial charge in [0.2, 0.25) is 0 Å². The highest BCUT2D eigenvalue weighted by Crippen LogP contribution is 2.29. The average molecular weight is 260 g/mol. The van der Waals surface area contributed by atoms with E-state index in [1.165, 1.54) is 49.7 Å². The third kappa shape index (κ3) is 4.26. The van der Waals surface area contributed by atoms with E-state index in [-0.39, 0.29) is 0 Å². The fourth-order valence-corrected chi connectivity index (χ4v) is 2.94. The van der Waals surface area contributed by atoms with Crippen molar-refractivity contribution in [3.63, 3.8) is 0 Å². The van der Waals surface area contributed by atoms with Crippen LogP contribution in [0.25, 0.3) is 0 Å². The Morgan fingerprint density at radius 1 is 1.32 bits per heavy atom. The molecule has 0 aliphatic carbocycles. The van der Waals surface area contributed by atoms with Crippen LogP contribution in [0.1, 0.15) is 57.6 Å². The maximum absolute atomic E-state index is 5.86. The van der Waals surface area contributed by atoms with Crippen LogP contribution in [0.3, 0.4) is 0 Å². The minimum atomic E-state index is 0.659. The summed E-state index contributed by atoms with van der Waals surface area (Å²) < 4.78 is 5.86. The molecule has 1 heteroatoms. The Labute approximate surface area is 118 Å². The van der Waals surface area contributed by atoms with Crippen LogP contribution in [0.2, 0.25) is 0 Å². The van der Waals surface area contributed by atoms with Crippen molar-refractivity contribution in [3.05, 3.63) is 29.3 Å². The summed E-state index contributed by atoms with van der Waals surface area (Å²) in [6, 6.07) is 6.85. The molecule has 1 nitrogen and oxygen atoms in total. The molecule has 0 bridgehead atoms. The van der Waals surface area contributed by atoms with Gasteiger partial charge in [0, 0.05) is 0 Å². The quantitative estimate of drug-likeness (QED) is 0.653. The third-order valence-electron chi connectivity index (χ3n) is 4.11. The highest BCUT2D eigenvalue weighted by atomic mass is 16.5. The standard InChI is InChI=1S/C18H28O/c1-4-5-6-7-14(2)10-16-8-9-17-11-15(3)13-19-18(17)12-16/h8-9,12,14-15H,4-7,10-11,13H2,1-3H3. The largest absolute Gasteiger partial charge is 0.493 e. The van der Waals surface area contributed by atoms with Gasteiger partial charge in [0.05, 0.1) is 6.61 Å². The average Bonchev–Trinajstić information content (AvgIpc) is 2.39. The van der Waals surface area contributed by atoms with Crippen LogP contribution in [0.5, 0.6) is 5.75 Å². The molecule has 0 saturated heterocycles. The molecule has 0 aromatic heterocycles. The number of rotatable bonds is 6. The molecule has 1 heterocycles. The fraction of sp³-hybridized carbons (Fsp3) is 0.667. The smallest absolute Gasteiger partial charge is 0.122 e. The molecule has 0 N–H and O–H groups in total. The molecule has 0 amide bonds. The highest BCUT2D eigenvalue weighted by molar-refractivity contribution is 5.39. The first-order valence-corrected chi connectivity index (χ1v) is 7.93. The summed E-state index contributed by atoms with van der Waals surface area (Å²) in [5.74, 6) is 2.58. The van der Waals surface area contributed by atoms with Crippen molar-refractivity contribution in [1.29, 1.82) is 0 Å². The zero-order valence-corrected chi connectivity index (χ0v) is 12.7.